The minimum Gasteiger partial charge on any atom is -0.377 e. The number of anilines is 1. The topological polar surface area (TPSA) is 12.0 Å². The van der Waals surface area contributed by atoms with E-state index in [1.54, 1.807) is 0 Å². The zero-order valence-electron chi connectivity index (χ0n) is 11.0. The van der Waals surface area contributed by atoms with Crippen molar-refractivity contribution in [2.24, 2.45) is 5.41 Å². The number of fused-ring (bicyclic) bond motifs is 1. The Morgan fingerprint density at radius 1 is 0.944 bits per heavy atom. The molecule has 1 aliphatic rings. The monoisotopic (exact) mass is 237 g/mol. The van der Waals surface area contributed by atoms with E-state index in [1.807, 2.05) is 0 Å². The molecule has 1 heterocycles. The molecule has 18 heavy (non-hydrogen) atoms. The average Bonchev–Trinajstić information content (AvgIpc) is 2.38. The summed E-state index contributed by atoms with van der Waals surface area (Å²) in [5.41, 5.74) is 4.31. The van der Waals surface area contributed by atoms with Gasteiger partial charge in [0, 0.05) is 5.69 Å². The molecule has 0 aromatic heterocycles. The van der Waals surface area contributed by atoms with Gasteiger partial charge in [-0.25, -0.2) is 0 Å². The number of hydrogen-bond acceptors (Lipinski definition) is 1. The maximum atomic E-state index is 3.70. The van der Waals surface area contributed by atoms with Gasteiger partial charge in [-0.05, 0) is 29.0 Å². The molecule has 0 bridgehead atoms. The summed E-state index contributed by atoms with van der Waals surface area (Å²) in [5.74, 6) is 0. The third-order valence-corrected chi connectivity index (χ3v) is 3.88. The Kier molecular flexibility index (Phi) is 2.62. The Morgan fingerprint density at radius 3 is 2.39 bits per heavy atom. The molecule has 0 amide bonds. The second kappa shape index (κ2) is 4.16. The normalized spacial score (nSPS) is 20.9. The molecule has 2 aromatic carbocycles. The number of rotatable bonds is 1. The standard InChI is InChI=1S/C17H19N/c1-17(2)12-14-10-6-7-11-15(14)18-16(17)13-8-4-3-5-9-13/h3-11,16,18H,12H2,1-2H3/t16-/m1/s1. The van der Waals surface area contributed by atoms with Gasteiger partial charge in [-0.1, -0.05) is 62.4 Å². The molecule has 1 nitrogen and oxygen atoms in total. The van der Waals surface area contributed by atoms with Crippen molar-refractivity contribution < 1.29 is 0 Å². The summed E-state index contributed by atoms with van der Waals surface area (Å²) in [6.45, 7) is 4.68. The van der Waals surface area contributed by atoms with E-state index in [0.717, 1.165) is 6.42 Å². The van der Waals surface area contributed by atoms with Crippen molar-refractivity contribution in [3.8, 4) is 0 Å². The first-order chi connectivity index (χ1) is 8.67. The Labute approximate surface area is 109 Å². The lowest BCUT2D eigenvalue weighted by atomic mass is 9.73. The van der Waals surface area contributed by atoms with E-state index in [4.69, 9.17) is 0 Å². The predicted octanol–water partition coefficient (Wildman–Crippen LogP) is 4.42. The fraction of sp³-hybridized carbons (Fsp3) is 0.294. The van der Waals surface area contributed by atoms with Crippen LogP contribution in [0.4, 0.5) is 5.69 Å². The van der Waals surface area contributed by atoms with Crippen LogP contribution in [0.15, 0.2) is 54.6 Å². The first kappa shape index (κ1) is 11.3. The quantitative estimate of drug-likeness (QED) is 0.774. The molecule has 1 aliphatic heterocycles. The molecule has 0 aliphatic carbocycles. The van der Waals surface area contributed by atoms with E-state index in [1.165, 1.54) is 16.8 Å². The first-order valence-electron chi connectivity index (χ1n) is 6.56. The van der Waals surface area contributed by atoms with Gasteiger partial charge in [0.25, 0.3) is 0 Å². The van der Waals surface area contributed by atoms with Crippen molar-refractivity contribution in [2.45, 2.75) is 26.3 Å². The molecule has 0 radical (unpaired) electrons. The molecule has 0 saturated carbocycles. The van der Waals surface area contributed by atoms with Crippen LogP contribution in [0.2, 0.25) is 0 Å². The highest BCUT2D eigenvalue weighted by molar-refractivity contribution is 5.56. The van der Waals surface area contributed by atoms with Gasteiger partial charge in [0.15, 0.2) is 0 Å². The highest BCUT2D eigenvalue weighted by Gasteiger charge is 2.35. The van der Waals surface area contributed by atoms with Crippen molar-refractivity contribution >= 4 is 5.69 Å². The van der Waals surface area contributed by atoms with E-state index in [0.29, 0.717) is 6.04 Å². The number of para-hydroxylation sites is 1. The summed E-state index contributed by atoms with van der Waals surface area (Å²) in [6, 6.07) is 19.8. The van der Waals surface area contributed by atoms with Gasteiger partial charge in [0.1, 0.15) is 0 Å². The Balaban J connectivity index is 2.02. The van der Waals surface area contributed by atoms with Crippen LogP contribution in [0, 0.1) is 5.41 Å². The second-order valence-corrected chi connectivity index (χ2v) is 5.81. The summed E-state index contributed by atoms with van der Waals surface area (Å²) in [5, 5.41) is 3.70. The van der Waals surface area contributed by atoms with Crippen LogP contribution in [-0.2, 0) is 6.42 Å². The van der Waals surface area contributed by atoms with Crippen LogP contribution in [-0.4, -0.2) is 0 Å². The zero-order valence-corrected chi connectivity index (χ0v) is 11.0. The van der Waals surface area contributed by atoms with Crippen molar-refractivity contribution in [1.82, 2.24) is 0 Å². The van der Waals surface area contributed by atoms with Crippen LogP contribution in [0.1, 0.15) is 31.0 Å². The van der Waals surface area contributed by atoms with Gasteiger partial charge in [0.05, 0.1) is 6.04 Å². The summed E-state index contributed by atoms with van der Waals surface area (Å²) >= 11 is 0. The van der Waals surface area contributed by atoms with E-state index in [2.05, 4.69) is 73.8 Å². The number of benzene rings is 2. The Bertz CT molecular complexity index is 543. The fourth-order valence-electron chi connectivity index (χ4n) is 2.94. The van der Waals surface area contributed by atoms with Crippen LogP contribution in [0.3, 0.4) is 0 Å². The smallest absolute Gasteiger partial charge is 0.0568 e. The molecule has 0 unspecified atom stereocenters. The van der Waals surface area contributed by atoms with E-state index >= 15 is 0 Å². The third kappa shape index (κ3) is 1.90. The Morgan fingerprint density at radius 2 is 1.61 bits per heavy atom. The Hall–Kier alpha value is -1.76. The molecule has 1 N–H and O–H groups in total. The summed E-state index contributed by atoms with van der Waals surface area (Å²) in [7, 11) is 0. The molecule has 0 saturated heterocycles. The highest BCUT2D eigenvalue weighted by Crippen LogP contribution is 2.44. The molecule has 92 valence electrons. The summed E-state index contributed by atoms with van der Waals surface area (Å²) in [4.78, 5) is 0. The van der Waals surface area contributed by atoms with Crippen LogP contribution < -0.4 is 5.32 Å². The van der Waals surface area contributed by atoms with Crippen molar-refractivity contribution in [3.63, 3.8) is 0 Å². The molecule has 2 aromatic rings. The minimum absolute atomic E-state index is 0.232. The lowest BCUT2D eigenvalue weighted by molar-refractivity contribution is 0.295. The van der Waals surface area contributed by atoms with Gasteiger partial charge < -0.3 is 5.32 Å². The number of hydrogen-bond donors (Lipinski definition) is 1. The van der Waals surface area contributed by atoms with Crippen LogP contribution >= 0.6 is 0 Å². The minimum atomic E-state index is 0.232. The molecule has 3 rings (SSSR count). The molecular weight excluding hydrogens is 218 g/mol. The maximum Gasteiger partial charge on any atom is 0.0568 e. The molecule has 0 fully saturated rings. The molecular formula is C17H19N. The lowest BCUT2D eigenvalue weighted by Gasteiger charge is -2.41. The lowest BCUT2D eigenvalue weighted by Crippen LogP contribution is -2.34. The zero-order chi connectivity index (χ0) is 12.6. The van der Waals surface area contributed by atoms with Crippen molar-refractivity contribution in [3.05, 3.63) is 65.7 Å². The molecule has 0 spiro atoms. The van der Waals surface area contributed by atoms with Gasteiger partial charge in [-0.3, -0.25) is 0 Å². The second-order valence-electron chi connectivity index (χ2n) is 5.81. The van der Waals surface area contributed by atoms with Crippen LogP contribution in [0.25, 0.3) is 0 Å². The SMILES string of the molecule is CC1(C)Cc2ccccc2N[C@@H]1c1ccccc1. The predicted molar refractivity (Wildman–Crippen MR) is 76.7 cm³/mol. The molecule has 1 atom stereocenters. The number of nitrogens with one attached hydrogen (secondary N) is 1. The van der Waals surface area contributed by atoms with E-state index in [-0.39, 0.29) is 5.41 Å². The molecule has 1 heteroatoms. The average molecular weight is 237 g/mol. The summed E-state index contributed by atoms with van der Waals surface area (Å²) in [6.07, 6.45) is 1.12. The van der Waals surface area contributed by atoms with Gasteiger partial charge in [-0.15, -0.1) is 0 Å². The van der Waals surface area contributed by atoms with Crippen LogP contribution in [0.5, 0.6) is 0 Å². The largest absolute Gasteiger partial charge is 0.377 e. The maximum absolute atomic E-state index is 3.70. The first-order valence-corrected chi connectivity index (χ1v) is 6.56. The van der Waals surface area contributed by atoms with E-state index < -0.39 is 0 Å². The van der Waals surface area contributed by atoms with E-state index in [9.17, 15) is 0 Å². The van der Waals surface area contributed by atoms with Gasteiger partial charge in [0.2, 0.25) is 0 Å². The van der Waals surface area contributed by atoms with Gasteiger partial charge >= 0.3 is 0 Å². The summed E-state index contributed by atoms with van der Waals surface area (Å²) < 4.78 is 0. The fourth-order valence-corrected chi connectivity index (χ4v) is 2.94. The van der Waals surface area contributed by atoms with Crippen molar-refractivity contribution in [2.75, 3.05) is 5.32 Å². The van der Waals surface area contributed by atoms with Crippen molar-refractivity contribution in [1.29, 1.82) is 0 Å². The van der Waals surface area contributed by atoms with Gasteiger partial charge in [-0.2, -0.15) is 0 Å². The highest BCUT2D eigenvalue weighted by atomic mass is 15.0. The third-order valence-electron chi connectivity index (χ3n) is 3.88.